The second kappa shape index (κ2) is 13.1. The number of anilines is 1. The first-order chi connectivity index (χ1) is 17.3. The van der Waals surface area contributed by atoms with Crippen LogP contribution in [0.1, 0.15) is 25.0 Å². The second-order valence-electron chi connectivity index (χ2n) is 7.37. The molecule has 0 heterocycles. The number of halogens is 3. The zero-order chi connectivity index (χ0) is 26.1. The van der Waals surface area contributed by atoms with Crippen LogP contribution in [0, 0.1) is 11.3 Å². The van der Waals surface area contributed by atoms with Gasteiger partial charge in [-0.3, -0.25) is 4.79 Å². The summed E-state index contributed by atoms with van der Waals surface area (Å²) in [6.07, 6.45) is 1.44. The van der Waals surface area contributed by atoms with Crippen molar-refractivity contribution in [1.82, 2.24) is 0 Å². The van der Waals surface area contributed by atoms with E-state index < -0.39 is 5.91 Å². The second-order valence-corrected chi connectivity index (χ2v) is 8.62. The Hall–Kier alpha value is -3.37. The number of hydrogen-bond donors (Lipinski definition) is 1. The Bertz CT molecular complexity index is 1300. The van der Waals surface area contributed by atoms with Crippen molar-refractivity contribution in [3.8, 4) is 23.3 Å². The van der Waals surface area contributed by atoms with E-state index in [1.807, 2.05) is 19.9 Å². The minimum atomic E-state index is -0.568. The number of ether oxygens (including phenoxy) is 3. The number of carbonyl (C=O) groups is 1. The molecule has 0 atom stereocenters. The number of benzene rings is 3. The van der Waals surface area contributed by atoms with Gasteiger partial charge in [0.05, 0.1) is 18.2 Å². The molecule has 0 spiro atoms. The minimum absolute atomic E-state index is 0.101. The lowest BCUT2D eigenvalue weighted by Crippen LogP contribution is -2.13. The average Bonchev–Trinajstić information content (AvgIpc) is 2.85. The third-order valence-electron chi connectivity index (χ3n) is 4.82. The molecular weight excluding hydrogens is 523 g/mol. The van der Waals surface area contributed by atoms with Crippen LogP contribution in [-0.2, 0) is 11.4 Å². The first-order valence-electron chi connectivity index (χ1n) is 11.0. The molecule has 3 rings (SSSR count). The maximum atomic E-state index is 12.7. The first-order valence-corrected chi connectivity index (χ1v) is 12.2. The molecule has 3 aromatic rings. The third-order valence-corrected chi connectivity index (χ3v) is 5.69. The normalized spacial score (nSPS) is 10.9. The van der Waals surface area contributed by atoms with E-state index >= 15 is 0 Å². The number of hydrogen-bond acceptors (Lipinski definition) is 5. The molecule has 1 amide bonds. The molecule has 0 fully saturated rings. The van der Waals surface area contributed by atoms with E-state index in [9.17, 15) is 10.1 Å². The minimum Gasteiger partial charge on any atom is -0.490 e. The quantitative estimate of drug-likeness (QED) is 0.210. The fourth-order valence-corrected chi connectivity index (χ4v) is 3.90. The van der Waals surface area contributed by atoms with Crippen LogP contribution < -0.4 is 19.5 Å². The molecule has 36 heavy (non-hydrogen) atoms. The molecule has 0 aliphatic rings. The predicted octanol–water partition coefficient (Wildman–Crippen LogP) is 7.57. The Morgan fingerprint density at radius 1 is 0.944 bits per heavy atom. The molecule has 0 bridgehead atoms. The molecule has 0 saturated carbocycles. The maximum Gasteiger partial charge on any atom is 0.266 e. The van der Waals surface area contributed by atoms with Crippen molar-refractivity contribution < 1.29 is 19.0 Å². The summed E-state index contributed by atoms with van der Waals surface area (Å²) in [4.78, 5) is 12.7. The number of rotatable bonds is 10. The summed E-state index contributed by atoms with van der Waals surface area (Å²) >= 11 is 18.4. The van der Waals surface area contributed by atoms with Gasteiger partial charge < -0.3 is 19.5 Å². The van der Waals surface area contributed by atoms with Gasteiger partial charge in [0.25, 0.3) is 5.91 Å². The Labute approximate surface area is 224 Å². The van der Waals surface area contributed by atoms with Crippen molar-refractivity contribution in [2.24, 2.45) is 0 Å². The van der Waals surface area contributed by atoms with Gasteiger partial charge in [0, 0.05) is 21.3 Å². The van der Waals surface area contributed by atoms with Gasteiger partial charge in [0.1, 0.15) is 24.0 Å². The van der Waals surface area contributed by atoms with Crippen LogP contribution in [0.5, 0.6) is 17.2 Å². The van der Waals surface area contributed by atoms with Crippen LogP contribution in [-0.4, -0.2) is 19.1 Å². The Kier molecular flexibility index (Phi) is 9.89. The molecule has 186 valence electrons. The lowest BCUT2D eigenvalue weighted by Gasteiger charge is -2.13. The highest BCUT2D eigenvalue weighted by molar-refractivity contribution is 6.35. The summed E-state index contributed by atoms with van der Waals surface area (Å²) < 4.78 is 16.9. The van der Waals surface area contributed by atoms with Crippen molar-refractivity contribution in [3.05, 3.63) is 86.4 Å². The third kappa shape index (κ3) is 7.32. The first kappa shape index (κ1) is 27.2. The smallest absolute Gasteiger partial charge is 0.266 e. The lowest BCUT2D eigenvalue weighted by molar-refractivity contribution is -0.112. The Morgan fingerprint density at radius 3 is 2.31 bits per heavy atom. The molecule has 0 aliphatic heterocycles. The molecule has 1 N–H and O–H groups in total. The molecule has 6 nitrogen and oxygen atoms in total. The van der Waals surface area contributed by atoms with E-state index in [0.717, 1.165) is 5.56 Å². The van der Waals surface area contributed by atoms with Crippen LogP contribution in [0.25, 0.3) is 6.08 Å². The van der Waals surface area contributed by atoms with Gasteiger partial charge in [-0.05, 0) is 74.0 Å². The van der Waals surface area contributed by atoms with E-state index in [2.05, 4.69) is 5.32 Å². The molecule has 0 aliphatic carbocycles. The van der Waals surface area contributed by atoms with Gasteiger partial charge in [-0.15, -0.1) is 0 Å². The highest BCUT2D eigenvalue weighted by Gasteiger charge is 2.14. The van der Waals surface area contributed by atoms with Crippen LogP contribution in [0.15, 0.2) is 60.2 Å². The molecule has 0 aromatic heterocycles. The van der Waals surface area contributed by atoms with E-state index in [1.165, 1.54) is 6.08 Å². The molecule has 0 radical (unpaired) electrons. The number of nitrogens with one attached hydrogen (secondary N) is 1. The summed E-state index contributed by atoms with van der Waals surface area (Å²) in [6.45, 7) is 4.76. The van der Waals surface area contributed by atoms with Gasteiger partial charge in [0.2, 0.25) is 0 Å². The number of amides is 1. The van der Waals surface area contributed by atoms with E-state index in [0.29, 0.717) is 56.8 Å². The van der Waals surface area contributed by atoms with Crippen LogP contribution >= 0.6 is 34.8 Å². The van der Waals surface area contributed by atoms with Gasteiger partial charge in [-0.25, -0.2) is 0 Å². The summed E-state index contributed by atoms with van der Waals surface area (Å²) in [5, 5.41) is 13.7. The maximum absolute atomic E-state index is 12.7. The molecule has 3 aromatic carbocycles. The fraction of sp³-hybridized carbons (Fsp3) is 0.185. The summed E-state index contributed by atoms with van der Waals surface area (Å²) in [5.41, 5.74) is 1.72. The largest absolute Gasteiger partial charge is 0.490 e. The molecule has 0 saturated heterocycles. The lowest BCUT2D eigenvalue weighted by atomic mass is 10.1. The van der Waals surface area contributed by atoms with Crippen LogP contribution in [0.2, 0.25) is 15.1 Å². The monoisotopic (exact) mass is 544 g/mol. The van der Waals surface area contributed by atoms with Gasteiger partial charge in [0.15, 0.2) is 11.5 Å². The highest BCUT2D eigenvalue weighted by Crippen LogP contribution is 2.37. The summed E-state index contributed by atoms with van der Waals surface area (Å²) in [5.74, 6) is 0.873. The van der Waals surface area contributed by atoms with Crippen molar-refractivity contribution in [1.29, 1.82) is 5.26 Å². The number of nitriles is 1. The van der Waals surface area contributed by atoms with Crippen molar-refractivity contribution >= 4 is 52.5 Å². The van der Waals surface area contributed by atoms with Crippen molar-refractivity contribution in [3.63, 3.8) is 0 Å². The Morgan fingerprint density at radius 2 is 1.67 bits per heavy atom. The molecule has 0 unspecified atom stereocenters. The van der Waals surface area contributed by atoms with E-state index in [-0.39, 0.29) is 12.2 Å². The van der Waals surface area contributed by atoms with Gasteiger partial charge >= 0.3 is 0 Å². The zero-order valence-electron chi connectivity index (χ0n) is 19.6. The fourth-order valence-electron chi connectivity index (χ4n) is 3.17. The Balaban J connectivity index is 1.69. The van der Waals surface area contributed by atoms with Gasteiger partial charge in [-0.2, -0.15) is 5.26 Å². The van der Waals surface area contributed by atoms with Gasteiger partial charge in [-0.1, -0.05) is 40.9 Å². The van der Waals surface area contributed by atoms with E-state index in [1.54, 1.807) is 54.6 Å². The van der Waals surface area contributed by atoms with Crippen molar-refractivity contribution in [2.75, 3.05) is 18.5 Å². The number of nitrogens with zero attached hydrogens (tertiary/aromatic N) is 1. The molecule has 9 heteroatoms. The van der Waals surface area contributed by atoms with Crippen LogP contribution in [0.4, 0.5) is 5.69 Å². The SMILES string of the molecule is CCOc1cc(/C=C(\C#N)C(=O)Nc2ccc(OCc3ccc(Cl)cc3Cl)cc2)cc(Cl)c1OCC. The average molecular weight is 546 g/mol. The standard InChI is InChI=1S/C27H23Cl3N2O4/c1-3-34-25-13-17(12-24(30)26(25)35-4-2)11-19(15-31)27(33)32-21-7-9-22(10-8-21)36-16-18-5-6-20(28)14-23(18)29/h5-14H,3-4,16H2,1-2H3,(H,32,33)/b19-11+. The topological polar surface area (TPSA) is 80.6 Å². The molecular formula is C27H23Cl3N2O4. The zero-order valence-corrected chi connectivity index (χ0v) is 21.9. The summed E-state index contributed by atoms with van der Waals surface area (Å²) in [7, 11) is 0. The predicted molar refractivity (Wildman–Crippen MR) is 143 cm³/mol. The van der Waals surface area contributed by atoms with E-state index in [4.69, 9.17) is 49.0 Å². The number of carbonyl (C=O) groups excluding carboxylic acids is 1. The van der Waals surface area contributed by atoms with Crippen LogP contribution in [0.3, 0.4) is 0 Å². The summed E-state index contributed by atoms with van der Waals surface area (Å²) in [6, 6.07) is 17.2. The van der Waals surface area contributed by atoms with Crippen molar-refractivity contribution in [2.45, 2.75) is 20.5 Å². The highest BCUT2D eigenvalue weighted by atomic mass is 35.5.